The average Bonchev–Trinajstić information content (AvgIpc) is 3.08. The molecule has 178 valence electrons. The number of amides is 4. The molecular weight excluding hydrogens is 510 g/mol. The molecule has 1 heterocycles. The number of ether oxygens (including phenoxy) is 3. The van der Waals surface area contributed by atoms with E-state index < -0.39 is 24.5 Å². The van der Waals surface area contributed by atoms with Gasteiger partial charge in [-0.05, 0) is 42.8 Å². The van der Waals surface area contributed by atoms with Crippen LogP contribution in [0.4, 0.5) is 10.5 Å². The van der Waals surface area contributed by atoms with Gasteiger partial charge in [0.1, 0.15) is 12.2 Å². The van der Waals surface area contributed by atoms with Crippen LogP contribution in [0.15, 0.2) is 52.6 Å². The number of hydrogen-bond donors (Lipinski definition) is 2. The minimum Gasteiger partial charge on any atom is -0.490 e. The summed E-state index contributed by atoms with van der Waals surface area (Å²) in [6.07, 6.45) is 1.44. The van der Waals surface area contributed by atoms with Gasteiger partial charge < -0.3 is 24.8 Å². The van der Waals surface area contributed by atoms with E-state index in [4.69, 9.17) is 9.47 Å². The number of urea groups is 1. The first-order valence-corrected chi connectivity index (χ1v) is 11.0. The summed E-state index contributed by atoms with van der Waals surface area (Å²) in [6.45, 7) is 1.37. The molecule has 1 aliphatic rings. The van der Waals surface area contributed by atoms with Crippen molar-refractivity contribution in [2.75, 3.05) is 32.2 Å². The molecule has 0 aromatic heterocycles. The van der Waals surface area contributed by atoms with Gasteiger partial charge >= 0.3 is 12.0 Å². The largest absolute Gasteiger partial charge is 0.490 e. The SMILES string of the molecule is CCOc1cc(/C=C2/NC(=O)N(CC(=O)OC)C2=O)c(Br)cc1OCC(=O)Nc1ccccc1. The number of halogens is 1. The molecule has 0 unspecified atom stereocenters. The summed E-state index contributed by atoms with van der Waals surface area (Å²) in [4.78, 5) is 49.0. The van der Waals surface area contributed by atoms with Crippen LogP contribution in [-0.2, 0) is 19.1 Å². The lowest BCUT2D eigenvalue weighted by Gasteiger charge is -2.14. The van der Waals surface area contributed by atoms with Crippen LogP contribution < -0.4 is 20.1 Å². The second-order valence-corrected chi connectivity index (χ2v) is 7.77. The first-order valence-electron chi connectivity index (χ1n) is 10.2. The summed E-state index contributed by atoms with van der Waals surface area (Å²) in [6, 6.07) is 11.5. The monoisotopic (exact) mass is 531 g/mol. The molecule has 0 atom stereocenters. The molecule has 4 amide bonds. The Morgan fingerprint density at radius 1 is 1.12 bits per heavy atom. The summed E-state index contributed by atoms with van der Waals surface area (Å²) < 4.78 is 16.3. The summed E-state index contributed by atoms with van der Waals surface area (Å²) in [5, 5.41) is 5.16. The van der Waals surface area contributed by atoms with E-state index in [1.54, 1.807) is 43.3 Å². The number of nitrogens with one attached hydrogen (secondary N) is 2. The number of anilines is 1. The molecule has 2 aromatic rings. The Morgan fingerprint density at radius 2 is 1.82 bits per heavy atom. The number of imide groups is 1. The second-order valence-electron chi connectivity index (χ2n) is 6.91. The molecule has 0 spiro atoms. The predicted octanol–water partition coefficient (Wildman–Crippen LogP) is 2.93. The van der Waals surface area contributed by atoms with E-state index in [1.807, 2.05) is 6.07 Å². The highest BCUT2D eigenvalue weighted by Crippen LogP contribution is 2.35. The molecule has 0 saturated carbocycles. The number of esters is 1. The number of para-hydroxylation sites is 1. The molecule has 34 heavy (non-hydrogen) atoms. The van der Waals surface area contributed by atoms with Gasteiger partial charge in [0.25, 0.3) is 11.8 Å². The zero-order chi connectivity index (χ0) is 24.7. The van der Waals surface area contributed by atoms with Gasteiger partial charge in [0.2, 0.25) is 0 Å². The van der Waals surface area contributed by atoms with Crippen molar-refractivity contribution < 1.29 is 33.4 Å². The first-order chi connectivity index (χ1) is 16.3. The van der Waals surface area contributed by atoms with E-state index in [0.717, 1.165) is 4.90 Å². The van der Waals surface area contributed by atoms with Crippen molar-refractivity contribution >= 4 is 51.5 Å². The average molecular weight is 532 g/mol. The third-order valence-electron chi connectivity index (χ3n) is 4.56. The van der Waals surface area contributed by atoms with Crippen LogP contribution >= 0.6 is 15.9 Å². The molecule has 11 heteroatoms. The first kappa shape index (κ1) is 24.8. The third kappa shape index (κ3) is 6.13. The van der Waals surface area contributed by atoms with Gasteiger partial charge in [0, 0.05) is 10.2 Å². The van der Waals surface area contributed by atoms with Gasteiger partial charge in [-0.2, -0.15) is 0 Å². The van der Waals surface area contributed by atoms with Crippen LogP contribution in [0.5, 0.6) is 11.5 Å². The lowest BCUT2D eigenvalue weighted by atomic mass is 10.1. The van der Waals surface area contributed by atoms with Crippen LogP contribution in [0.1, 0.15) is 12.5 Å². The number of hydrogen-bond acceptors (Lipinski definition) is 7. The number of methoxy groups -OCH3 is 1. The van der Waals surface area contributed by atoms with Gasteiger partial charge in [0.15, 0.2) is 18.1 Å². The zero-order valence-corrected chi connectivity index (χ0v) is 20.0. The molecule has 1 aliphatic heterocycles. The van der Waals surface area contributed by atoms with Gasteiger partial charge in [-0.3, -0.25) is 14.4 Å². The van der Waals surface area contributed by atoms with Crippen LogP contribution in [0.2, 0.25) is 0 Å². The fourth-order valence-corrected chi connectivity index (χ4v) is 3.41. The minimum atomic E-state index is -0.729. The molecule has 0 aliphatic carbocycles. The molecule has 3 rings (SSSR count). The Kier molecular flexibility index (Phi) is 8.25. The van der Waals surface area contributed by atoms with E-state index in [-0.39, 0.29) is 18.2 Å². The van der Waals surface area contributed by atoms with E-state index >= 15 is 0 Å². The van der Waals surface area contributed by atoms with E-state index in [0.29, 0.717) is 33.8 Å². The summed E-state index contributed by atoms with van der Waals surface area (Å²) in [5.41, 5.74) is 1.13. The number of nitrogens with zero attached hydrogens (tertiary/aromatic N) is 1. The maximum atomic E-state index is 12.5. The van der Waals surface area contributed by atoms with Gasteiger partial charge in [0.05, 0.1) is 13.7 Å². The highest BCUT2D eigenvalue weighted by atomic mass is 79.9. The number of carbonyl (C=O) groups excluding carboxylic acids is 4. The van der Waals surface area contributed by atoms with Crippen LogP contribution in [0.25, 0.3) is 6.08 Å². The zero-order valence-electron chi connectivity index (χ0n) is 18.4. The highest BCUT2D eigenvalue weighted by molar-refractivity contribution is 9.10. The maximum Gasteiger partial charge on any atom is 0.329 e. The molecular formula is C23H22BrN3O7. The maximum absolute atomic E-state index is 12.5. The normalized spacial score (nSPS) is 14.1. The van der Waals surface area contributed by atoms with Crippen molar-refractivity contribution in [3.8, 4) is 11.5 Å². The minimum absolute atomic E-state index is 0.0204. The molecule has 1 saturated heterocycles. The Hall–Kier alpha value is -3.86. The third-order valence-corrected chi connectivity index (χ3v) is 5.24. The van der Waals surface area contributed by atoms with E-state index in [9.17, 15) is 19.2 Å². The van der Waals surface area contributed by atoms with Crippen molar-refractivity contribution in [2.45, 2.75) is 6.92 Å². The highest BCUT2D eigenvalue weighted by Gasteiger charge is 2.35. The van der Waals surface area contributed by atoms with E-state index in [1.165, 1.54) is 13.2 Å². The lowest BCUT2D eigenvalue weighted by molar-refractivity contribution is -0.143. The van der Waals surface area contributed by atoms with Gasteiger partial charge in [-0.25, -0.2) is 9.69 Å². The molecule has 1 fully saturated rings. The van der Waals surface area contributed by atoms with Crippen molar-refractivity contribution in [2.24, 2.45) is 0 Å². The molecule has 0 bridgehead atoms. The molecule has 2 aromatic carbocycles. The Morgan fingerprint density at radius 3 is 2.50 bits per heavy atom. The molecule has 0 radical (unpaired) electrons. The van der Waals surface area contributed by atoms with Crippen molar-refractivity contribution in [3.05, 3.63) is 58.2 Å². The Labute approximate surface area is 204 Å². The summed E-state index contributed by atoms with van der Waals surface area (Å²) in [7, 11) is 1.17. The quantitative estimate of drug-likeness (QED) is 0.289. The topological polar surface area (TPSA) is 123 Å². The number of rotatable bonds is 9. The van der Waals surface area contributed by atoms with Gasteiger partial charge in [-0.1, -0.05) is 34.1 Å². The standard InChI is InChI=1S/C23H22BrN3O7/c1-3-33-18-10-14(9-17-22(30)27(23(31)26-17)12-21(29)32-2)16(24)11-19(18)34-13-20(28)25-15-7-5-4-6-8-15/h4-11H,3,12-13H2,1-2H3,(H,25,28)(H,26,31)/b17-9+. The van der Waals surface area contributed by atoms with Crippen molar-refractivity contribution in [1.29, 1.82) is 0 Å². The molecule has 10 nitrogen and oxygen atoms in total. The van der Waals surface area contributed by atoms with Crippen LogP contribution in [0, 0.1) is 0 Å². The number of benzene rings is 2. The second kappa shape index (κ2) is 11.3. The Bertz CT molecular complexity index is 1130. The fourth-order valence-electron chi connectivity index (χ4n) is 2.97. The summed E-state index contributed by atoms with van der Waals surface area (Å²) in [5.74, 6) is -1.08. The molecule has 2 N–H and O–H groups in total. The number of carbonyl (C=O) groups is 4. The predicted molar refractivity (Wildman–Crippen MR) is 126 cm³/mol. The summed E-state index contributed by atoms with van der Waals surface area (Å²) >= 11 is 3.41. The van der Waals surface area contributed by atoms with Crippen molar-refractivity contribution in [1.82, 2.24) is 10.2 Å². The van der Waals surface area contributed by atoms with Gasteiger partial charge in [-0.15, -0.1) is 0 Å². The van der Waals surface area contributed by atoms with Crippen LogP contribution in [-0.4, -0.2) is 55.6 Å². The van der Waals surface area contributed by atoms with Crippen molar-refractivity contribution in [3.63, 3.8) is 0 Å². The smallest absolute Gasteiger partial charge is 0.329 e. The van der Waals surface area contributed by atoms with E-state index in [2.05, 4.69) is 31.3 Å². The fraction of sp³-hybridized carbons (Fsp3) is 0.217. The Balaban J connectivity index is 1.77. The lowest BCUT2D eigenvalue weighted by Crippen LogP contribution is -2.36. The van der Waals surface area contributed by atoms with Crippen LogP contribution in [0.3, 0.4) is 0 Å².